The minimum absolute atomic E-state index is 0.0127. The van der Waals surface area contributed by atoms with Crippen LogP contribution in [0.1, 0.15) is 39.7 Å². The molecule has 9 nitrogen and oxygen atoms in total. The molecule has 0 fully saturated rings. The van der Waals surface area contributed by atoms with Crippen molar-refractivity contribution in [2.75, 3.05) is 26.4 Å². The fourth-order valence-electron chi connectivity index (χ4n) is 1.92. The number of phosphoric acid groups is 1. The van der Waals surface area contributed by atoms with Crippen molar-refractivity contribution in [3.05, 3.63) is 35.9 Å². The Kier molecular flexibility index (Phi) is 10.9. The van der Waals surface area contributed by atoms with Gasteiger partial charge >= 0.3 is 19.9 Å². The Morgan fingerprint density at radius 2 is 1.66 bits per heavy atom. The van der Waals surface area contributed by atoms with Gasteiger partial charge in [-0.15, -0.1) is 0 Å². The van der Waals surface area contributed by atoms with E-state index in [0.717, 1.165) is 5.56 Å². The van der Waals surface area contributed by atoms with Crippen LogP contribution in [0, 0.1) is 0 Å². The number of carbonyl (C=O) groups is 2. The van der Waals surface area contributed by atoms with E-state index >= 15 is 0 Å². The molecule has 0 heterocycles. The Hall–Kier alpha value is -1.93. The van der Waals surface area contributed by atoms with E-state index in [0.29, 0.717) is 6.42 Å². The second-order valence-electron chi connectivity index (χ2n) is 6.99. The van der Waals surface area contributed by atoms with Crippen molar-refractivity contribution in [2.45, 2.75) is 46.3 Å². The molecule has 1 rings (SSSR count). The summed E-state index contributed by atoms with van der Waals surface area (Å²) in [5.41, 5.74) is 0.177. The molecule has 10 heteroatoms. The number of benzene rings is 1. The molecule has 1 aromatic rings. The van der Waals surface area contributed by atoms with Crippen molar-refractivity contribution in [3.8, 4) is 0 Å². The SMILES string of the molecule is CC(=O)OCCCOP(=O)(OCCNC(=O)OC(C)(C)C)OCc1ccccc1. The quantitative estimate of drug-likeness (QED) is 0.302. The monoisotopic (exact) mass is 431 g/mol. The number of carbonyl (C=O) groups excluding carboxylic acids is 2. The van der Waals surface area contributed by atoms with Gasteiger partial charge in [0.25, 0.3) is 0 Å². The molecule has 0 saturated heterocycles. The number of amides is 1. The third-order valence-electron chi connectivity index (χ3n) is 3.10. The van der Waals surface area contributed by atoms with Crippen molar-refractivity contribution in [1.29, 1.82) is 0 Å². The summed E-state index contributed by atoms with van der Waals surface area (Å²) in [5.74, 6) is -0.405. The Labute approximate surface area is 171 Å². The number of ether oxygens (including phenoxy) is 2. The van der Waals surface area contributed by atoms with Crippen LogP contribution < -0.4 is 5.32 Å². The molecule has 0 aliphatic rings. The highest BCUT2D eigenvalue weighted by Gasteiger charge is 2.27. The number of alkyl carbamates (subject to hydrolysis) is 1. The maximum Gasteiger partial charge on any atom is 0.475 e. The van der Waals surface area contributed by atoms with Gasteiger partial charge in [0.15, 0.2) is 0 Å². The lowest BCUT2D eigenvalue weighted by Crippen LogP contribution is -2.34. The van der Waals surface area contributed by atoms with Crippen LogP contribution in [0.2, 0.25) is 0 Å². The number of hydrogen-bond acceptors (Lipinski definition) is 8. The lowest BCUT2D eigenvalue weighted by atomic mass is 10.2. The normalized spacial score (nSPS) is 13.4. The van der Waals surface area contributed by atoms with Crippen molar-refractivity contribution in [2.24, 2.45) is 0 Å². The second-order valence-corrected chi connectivity index (χ2v) is 8.66. The lowest BCUT2D eigenvalue weighted by molar-refractivity contribution is -0.141. The summed E-state index contributed by atoms with van der Waals surface area (Å²) in [6.45, 7) is 6.68. The molecule has 1 unspecified atom stereocenters. The van der Waals surface area contributed by atoms with Crippen LogP contribution in [0.3, 0.4) is 0 Å². The van der Waals surface area contributed by atoms with Gasteiger partial charge in [-0.3, -0.25) is 18.4 Å². The molecule has 0 aliphatic heterocycles. The Bertz CT molecular complexity index is 675. The molecule has 0 radical (unpaired) electrons. The van der Waals surface area contributed by atoms with Crippen LogP contribution in [0.25, 0.3) is 0 Å². The zero-order valence-electron chi connectivity index (χ0n) is 17.3. The van der Waals surface area contributed by atoms with Crippen LogP contribution >= 0.6 is 7.82 Å². The molecule has 0 spiro atoms. The molecule has 0 bridgehead atoms. The van der Waals surface area contributed by atoms with E-state index in [1.54, 1.807) is 20.8 Å². The van der Waals surface area contributed by atoms with Crippen molar-refractivity contribution >= 4 is 19.9 Å². The summed E-state index contributed by atoms with van der Waals surface area (Å²) >= 11 is 0. The van der Waals surface area contributed by atoms with Gasteiger partial charge < -0.3 is 14.8 Å². The molecule has 0 aliphatic carbocycles. The van der Waals surface area contributed by atoms with Crippen molar-refractivity contribution in [1.82, 2.24) is 5.32 Å². The van der Waals surface area contributed by atoms with Gasteiger partial charge in [0.1, 0.15) is 5.60 Å². The maximum absolute atomic E-state index is 12.8. The third-order valence-corrected chi connectivity index (χ3v) is 4.54. The predicted octanol–water partition coefficient (Wildman–Crippen LogP) is 3.82. The molecule has 0 saturated carbocycles. The molecule has 164 valence electrons. The van der Waals surface area contributed by atoms with Gasteiger partial charge in [-0.25, -0.2) is 9.36 Å². The Balaban J connectivity index is 2.49. The first-order valence-electron chi connectivity index (χ1n) is 9.27. The average molecular weight is 431 g/mol. The number of phosphoric ester groups is 1. The van der Waals surface area contributed by atoms with E-state index < -0.39 is 25.5 Å². The largest absolute Gasteiger partial charge is 0.475 e. The van der Waals surface area contributed by atoms with Gasteiger partial charge in [-0.05, 0) is 26.3 Å². The summed E-state index contributed by atoms with van der Waals surface area (Å²) in [6, 6.07) is 9.14. The molecular weight excluding hydrogens is 401 g/mol. The third kappa shape index (κ3) is 13.0. The molecule has 0 aromatic heterocycles. The van der Waals surface area contributed by atoms with Gasteiger partial charge in [-0.1, -0.05) is 30.3 Å². The van der Waals surface area contributed by atoms with E-state index in [4.69, 9.17) is 23.0 Å². The number of nitrogens with one attached hydrogen (secondary N) is 1. The van der Waals surface area contributed by atoms with Crippen LogP contribution in [-0.2, 0) is 39.0 Å². The average Bonchev–Trinajstić information content (AvgIpc) is 2.63. The minimum Gasteiger partial charge on any atom is -0.466 e. The predicted molar refractivity (Wildman–Crippen MR) is 106 cm³/mol. The molecule has 1 aromatic carbocycles. The van der Waals surface area contributed by atoms with Gasteiger partial charge in [-0.2, -0.15) is 0 Å². The summed E-state index contributed by atoms with van der Waals surface area (Å²) in [7, 11) is -3.88. The fourth-order valence-corrected chi connectivity index (χ4v) is 3.11. The molecular formula is C19H30NO8P. The van der Waals surface area contributed by atoms with E-state index in [1.165, 1.54) is 6.92 Å². The molecule has 29 heavy (non-hydrogen) atoms. The van der Waals surface area contributed by atoms with E-state index in [-0.39, 0.29) is 33.0 Å². The molecule has 1 atom stereocenters. The fraction of sp³-hybridized carbons (Fsp3) is 0.579. The Morgan fingerprint density at radius 1 is 1.00 bits per heavy atom. The summed E-state index contributed by atoms with van der Waals surface area (Å²) in [4.78, 5) is 22.4. The van der Waals surface area contributed by atoms with Crippen molar-refractivity contribution in [3.63, 3.8) is 0 Å². The molecule has 1 amide bonds. The first kappa shape index (κ1) is 25.1. The van der Waals surface area contributed by atoms with Gasteiger partial charge in [0.2, 0.25) is 0 Å². The second kappa shape index (κ2) is 12.6. The highest BCUT2D eigenvalue weighted by atomic mass is 31.2. The molecule has 1 N–H and O–H groups in total. The van der Waals surface area contributed by atoms with Crippen LogP contribution in [0.4, 0.5) is 4.79 Å². The summed E-state index contributed by atoms with van der Waals surface area (Å²) < 4.78 is 38.7. The number of rotatable bonds is 12. The lowest BCUT2D eigenvalue weighted by Gasteiger charge is -2.20. The van der Waals surface area contributed by atoms with E-state index in [1.807, 2.05) is 30.3 Å². The number of hydrogen-bond donors (Lipinski definition) is 1. The van der Waals surface area contributed by atoms with Gasteiger partial charge in [0, 0.05) is 19.9 Å². The highest BCUT2D eigenvalue weighted by molar-refractivity contribution is 7.48. The van der Waals surface area contributed by atoms with Gasteiger partial charge in [0.05, 0.1) is 26.4 Å². The zero-order chi connectivity index (χ0) is 21.8. The van der Waals surface area contributed by atoms with E-state index in [2.05, 4.69) is 5.32 Å². The zero-order valence-corrected chi connectivity index (χ0v) is 18.2. The topological polar surface area (TPSA) is 109 Å². The highest BCUT2D eigenvalue weighted by Crippen LogP contribution is 2.50. The Morgan fingerprint density at radius 3 is 2.28 bits per heavy atom. The first-order valence-corrected chi connectivity index (χ1v) is 10.7. The van der Waals surface area contributed by atoms with Crippen molar-refractivity contribution < 1.29 is 37.2 Å². The van der Waals surface area contributed by atoms with Crippen LogP contribution in [0.5, 0.6) is 0 Å². The summed E-state index contributed by atoms with van der Waals surface area (Å²) in [6.07, 6.45) is -0.277. The first-order chi connectivity index (χ1) is 13.6. The maximum atomic E-state index is 12.8. The van der Waals surface area contributed by atoms with E-state index in [9.17, 15) is 14.2 Å². The number of esters is 1. The minimum atomic E-state index is -3.88. The van der Waals surface area contributed by atoms with Crippen LogP contribution in [0.15, 0.2) is 30.3 Å². The van der Waals surface area contributed by atoms with Crippen LogP contribution in [-0.4, -0.2) is 44.0 Å². The standard InChI is InChI=1S/C19H30NO8P/c1-16(21)24-12-8-13-25-29(23,27-15-17-9-6-5-7-10-17)26-14-11-20-18(22)28-19(2,3)4/h5-7,9-10H,8,11-15H2,1-4H3,(H,20,22). The smallest absolute Gasteiger partial charge is 0.466 e. The summed E-state index contributed by atoms with van der Waals surface area (Å²) in [5, 5.41) is 2.50.